The standard InChI is InChI=1S/C17H28N2/c1-2-3-7-12-18-17-11-8-13-19(15-17)14-16-9-5-4-6-10-16/h4-6,9-10,17-18H,2-3,7-8,11-15H2,1H3. The van der Waals surface area contributed by atoms with Gasteiger partial charge in [-0.05, 0) is 37.9 Å². The summed E-state index contributed by atoms with van der Waals surface area (Å²) in [5.41, 5.74) is 1.44. The highest BCUT2D eigenvalue weighted by Gasteiger charge is 2.18. The fourth-order valence-corrected chi connectivity index (χ4v) is 2.89. The van der Waals surface area contributed by atoms with E-state index in [9.17, 15) is 0 Å². The molecule has 0 radical (unpaired) electrons. The Morgan fingerprint density at radius 2 is 2.05 bits per heavy atom. The summed E-state index contributed by atoms with van der Waals surface area (Å²) in [6.07, 6.45) is 6.67. The Balaban J connectivity index is 1.71. The minimum absolute atomic E-state index is 0.703. The van der Waals surface area contributed by atoms with Crippen molar-refractivity contribution < 1.29 is 0 Å². The number of unbranched alkanes of at least 4 members (excludes halogenated alkanes) is 2. The minimum atomic E-state index is 0.703. The predicted molar refractivity (Wildman–Crippen MR) is 82.3 cm³/mol. The van der Waals surface area contributed by atoms with E-state index >= 15 is 0 Å². The SMILES string of the molecule is CCCCCNC1CCCN(Cc2ccccc2)C1. The average Bonchev–Trinajstić information content (AvgIpc) is 2.45. The smallest absolute Gasteiger partial charge is 0.0234 e. The van der Waals surface area contributed by atoms with E-state index in [0.717, 1.165) is 6.54 Å². The third kappa shape index (κ3) is 5.33. The lowest BCUT2D eigenvalue weighted by Gasteiger charge is -2.33. The van der Waals surface area contributed by atoms with Crippen LogP contribution < -0.4 is 5.32 Å². The molecule has 2 heteroatoms. The minimum Gasteiger partial charge on any atom is -0.313 e. The zero-order chi connectivity index (χ0) is 13.3. The van der Waals surface area contributed by atoms with Gasteiger partial charge in [0.1, 0.15) is 0 Å². The highest BCUT2D eigenvalue weighted by atomic mass is 15.2. The molecule has 106 valence electrons. The molecule has 1 aromatic rings. The average molecular weight is 260 g/mol. The van der Waals surface area contributed by atoms with Gasteiger partial charge in [0.15, 0.2) is 0 Å². The summed E-state index contributed by atoms with van der Waals surface area (Å²) in [5, 5.41) is 3.73. The van der Waals surface area contributed by atoms with Crippen molar-refractivity contribution in [3.63, 3.8) is 0 Å². The van der Waals surface area contributed by atoms with E-state index in [1.807, 2.05) is 0 Å². The maximum absolute atomic E-state index is 3.73. The Hall–Kier alpha value is -0.860. The number of nitrogens with zero attached hydrogens (tertiary/aromatic N) is 1. The van der Waals surface area contributed by atoms with Crippen LogP contribution in [0.2, 0.25) is 0 Å². The molecule has 1 aromatic carbocycles. The van der Waals surface area contributed by atoms with Crippen LogP contribution in [0.25, 0.3) is 0 Å². The maximum Gasteiger partial charge on any atom is 0.0234 e. The van der Waals surface area contributed by atoms with E-state index in [1.165, 1.54) is 57.3 Å². The first-order valence-electron chi connectivity index (χ1n) is 7.88. The van der Waals surface area contributed by atoms with E-state index in [1.54, 1.807) is 0 Å². The molecule has 1 aliphatic rings. The van der Waals surface area contributed by atoms with Gasteiger partial charge in [-0.15, -0.1) is 0 Å². The van der Waals surface area contributed by atoms with Crippen LogP contribution in [0.15, 0.2) is 30.3 Å². The van der Waals surface area contributed by atoms with Crippen molar-refractivity contribution in [3.8, 4) is 0 Å². The van der Waals surface area contributed by atoms with E-state index in [0.29, 0.717) is 6.04 Å². The molecule has 1 unspecified atom stereocenters. The van der Waals surface area contributed by atoms with Crippen LogP contribution in [0, 0.1) is 0 Å². The molecular formula is C17H28N2. The third-order valence-electron chi connectivity index (χ3n) is 3.97. The normalized spacial score (nSPS) is 20.6. The summed E-state index contributed by atoms with van der Waals surface area (Å²) in [5.74, 6) is 0. The summed E-state index contributed by atoms with van der Waals surface area (Å²) in [6.45, 7) is 7.02. The van der Waals surface area contributed by atoms with Crippen molar-refractivity contribution in [1.29, 1.82) is 0 Å². The summed E-state index contributed by atoms with van der Waals surface area (Å²) < 4.78 is 0. The first kappa shape index (κ1) is 14.5. The molecular weight excluding hydrogens is 232 g/mol. The predicted octanol–water partition coefficient (Wildman–Crippen LogP) is 3.43. The quantitative estimate of drug-likeness (QED) is 0.756. The molecule has 2 nitrogen and oxygen atoms in total. The maximum atomic E-state index is 3.73. The Bertz CT molecular complexity index is 336. The molecule has 1 heterocycles. The van der Waals surface area contributed by atoms with Crippen molar-refractivity contribution in [3.05, 3.63) is 35.9 Å². The lowest BCUT2D eigenvalue weighted by molar-refractivity contribution is 0.183. The van der Waals surface area contributed by atoms with Crippen molar-refractivity contribution in [2.24, 2.45) is 0 Å². The number of nitrogens with one attached hydrogen (secondary N) is 1. The molecule has 0 aliphatic carbocycles. The van der Waals surface area contributed by atoms with E-state index < -0.39 is 0 Å². The molecule has 2 rings (SSSR count). The van der Waals surface area contributed by atoms with Gasteiger partial charge < -0.3 is 5.32 Å². The molecule has 1 N–H and O–H groups in total. The third-order valence-corrected chi connectivity index (χ3v) is 3.97. The molecule has 0 spiro atoms. The second-order valence-corrected chi connectivity index (χ2v) is 5.72. The molecule has 1 atom stereocenters. The van der Waals surface area contributed by atoms with Crippen LogP contribution in [0.1, 0.15) is 44.6 Å². The van der Waals surface area contributed by atoms with Gasteiger partial charge in [0.25, 0.3) is 0 Å². The van der Waals surface area contributed by atoms with Gasteiger partial charge in [-0.2, -0.15) is 0 Å². The van der Waals surface area contributed by atoms with E-state index in [4.69, 9.17) is 0 Å². The Morgan fingerprint density at radius 1 is 1.21 bits per heavy atom. The molecule has 19 heavy (non-hydrogen) atoms. The Labute approximate surface area is 118 Å². The van der Waals surface area contributed by atoms with Gasteiger partial charge >= 0.3 is 0 Å². The monoisotopic (exact) mass is 260 g/mol. The van der Waals surface area contributed by atoms with Crippen molar-refractivity contribution in [2.75, 3.05) is 19.6 Å². The number of rotatable bonds is 7. The van der Waals surface area contributed by atoms with Crippen LogP contribution in [0.5, 0.6) is 0 Å². The largest absolute Gasteiger partial charge is 0.313 e. The number of piperidine rings is 1. The van der Waals surface area contributed by atoms with Crippen molar-refractivity contribution in [1.82, 2.24) is 10.2 Å². The number of hydrogen-bond acceptors (Lipinski definition) is 2. The zero-order valence-corrected chi connectivity index (χ0v) is 12.3. The fraction of sp³-hybridized carbons (Fsp3) is 0.647. The zero-order valence-electron chi connectivity index (χ0n) is 12.3. The van der Waals surface area contributed by atoms with Crippen LogP contribution in [-0.4, -0.2) is 30.6 Å². The lowest BCUT2D eigenvalue weighted by Crippen LogP contribution is -2.45. The summed E-state index contributed by atoms with van der Waals surface area (Å²) >= 11 is 0. The molecule has 0 aromatic heterocycles. The second-order valence-electron chi connectivity index (χ2n) is 5.72. The van der Waals surface area contributed by atoms with Gasteiger partial charge in [0, 0.05) is 19.1 Å². The lowest BCUT2D eigenvalue weighted by atomic mass is 10.0. The van der Waals surface area contributed by atoms with Gasteiger partial charge in [-0.3, -0.25) is 4.90 Å². The first-order valence-corrected chi connectivity index (χ1v) is 7.88. The van der Waals surface area contributed by atoms with Gasteiger partial charge in [0.05, 0.1) is 0 Å². The van der Waals surface area contributed by atoms with E-state index in [2.05, 4.69) is 47.5 Å². The van der Waals surface area contributed by atoms with Gasteiger partial charge in [-0.1, -0.05) is 50.1 Å². The molecule has 0 saturated carbocycles. The topological polar surface area (TPSA) is 15.3 Å². The van der Waals surface area contributed by atoms with E-state index in [-0.39, 0.29) is 0 Å². The number of likely N-dealkylation sites (tertiary alicyclic amines) is 1. The van der Waals surface area contributed by atoms with Gasteiger partial charge in [-0.25, -0.2) is 0 Å². The summed E-state index contributed by atoms with van der Waals surface area (Å²) in [7, 11) is 0. The second kappa shape index (κ2) is 8.34. The molecule has 1 aliphatic heterocycles. The Kier molecular flexibility index (Phi) is 6.38. The number of hydrogen-bond donors (Lipinski definition) is 1. The molecule has 1 fully saturated rings. The highest BCUT2D eigenvalue weighted by Crippen LogP contribution is 2.13. The van der Waals surface area contributed by atoms with Crippen LogP contribution >= 0.6 is 0 Å². The van der Waals surface area contributed by atoms with Crippen LogP contribution in [-0.2, 0) is 6.54 Å². The highest BCUT2D eigenvalue weighted by molar-refractivity contribution is 5.14. The molecule has 1 saturated heterocycles. The summed E-state index contributed by atoms with van der Waals surface area (Å²) in [6, 6.07) is 11.5. The van der Waals surface area contributed by atoms with Crippen LogP contribution in [0.3, 0.4) is 0 Å². The van der Waals surface area contributed by atoms with Crippen molar-refractivity contribution in [2.45, 2.75) is 51.6 Å². The van der Waals surface area contributed by atoms with Crippen LogP contribution in [0.4, 0.5) is 0 Å². The summed E-state index contributed by atoms with van der Waals surface area (Å²) in [4.78, 5) is 2.59. The molecule has 0 bridgehead atoms. The van der Waals surface area contributed by atoms with Crippen molar-refractivity contribution >= 4 is 0 Å². The fourth-order valence-electron chi connectivity index (χ4n) is 2.89. The molecule has 0 amide bonds. The number of benzene rings is 1. The van der Waals surface area contributed by atoms with Gasteiger partial charge in [0.2, 0.25) is 0 Å². The Morgan fingerprint density at radius 3 is 2.84 bits per heavy atom. The first-order chi connectivity index (χ1) is 9.38.